The molecule has 0 spiro atoms. The topological polar surface area (TPSA) is 58.4 Å². The first-order valence-electron chi connectivity index (χ1n) is 7.64. The van der Waals surface area contributed by atoms with E-state index in [1.165, 1.54) is 0 Å². The van der Waals surface area contributed by atoms with E-state index in [1.807, 2.05) is 17.4 Å². The van der Waals surface area contributed by atoms with E-state index in [1.54, 1.807) is 6.20 Å². The fourth-order valence-corrected chi connectivity index (χ4v) is 3.50. The first-order chi connectivity index (χ1) is 9.66. The highest BCUT2D eigenvalue weighted by Gasteiger charge is 2.35. The van der Waals surface area contributed by atoms with Gasteiger partial charge in [-0.2, -0.15) is 0 Å². The Hall–Kier alpha value is -1.36. The minimum atomic E-state index is -0.724. The van der Waals surface area contributed by atoms with Crippen molar-refractivity contribution < 1.29 is 9.90 Å². The maximum absolute atomic E-state index is 12.3. The van der Waals surface area contributed by atoms with Crippen LogP contribution in [0.15, 0.2) is 18.7 Å². The molecule has 2 fully saturated rings. The number of piperidine rings is 1. The number of imidazole rings is 1. The zero-order valence-corrected chi connectivity index (χ0v) is 11.9. The fourth-order valence-electron chi connectivity index (χ4n) is 3.50. The number of rotatable bonds is 3. The van der Waals surface area contributed by atoms with E-state index in [4.69, 9.17) is 0 Å². The zero-order chi connectivity index (χ0) is 14.0. The monoisotopic (exact) mass is 277 g/mol. The number of aliphatic hydroxyl groups is 1. The summed E-state index contributed by atoms with van der Waals surface area (Å²) in [5.74, 6) is 0.124. The SMILES string of the molecule is O=C(CC1(O)CCCC1)N1CCC(n2ccnc2)CC1. The lowest BCUT2D eigenvalue weighted by Crippen LogP contribution is -2.42. The van der Waals surface area contributed by atoms with Crippen molar-refractivity contribution >= 4 is 5.91 Å². The van der Waals surface area contributed by atoms with E-state index >= 15 is 0 Å². The van der Waals surface area contributed by atoms with Gasteiger partial charge in [0, 0.05) is 31.5 Å². The molecule has 1 aliphatic carbocycles. The van der Waals surface area contributed by atoms with Crippen molar-refractivity contribution in [1.82, 2.24) is 14.5 Å². The Bertz CT molecular complexity index is 444. The Morgan fingerprint density at radius 2 is 2.00 bits per heavy atom. The van der Waals surface area contributed by atoms with Crippen molar-refractivity contribution in [2.45, 2.75) is 56.6 Å². The predicted molar refractivity (Wildman–Crippen MR) is 75.1 cm³/mol. The Morgan fingerprint density at radius 3 is 2.60 bits per heavy atom. The van der Waals surface area contributed by atoms with E-state index in [9.17, 15) is 9.90 Å². The molecule has 0 unspecified atom stereocenters. The van der Waals surface area contributed by atoms with Crippen LogP contribution >= 0.6 is 0 Å². The normalized spacial score (nSPS) is 23.1. The van der Waals surface area contributed by atoms with Crippen LogP contribution in [0.25, 0.3) is 0 Å². The fraction of sp³-hybridized carbons (Fsp3) is 0.733. The third-order valence-corrected chi connectivity index (χ3v) is 4.78. The van der Waals surface area contributed by atoms with Crippen molar-refractivity contribution in [2.75, 3.05) is 13.1 Å². The summed E-state index contributed by atoms with van der Waals surface area (Å²) in [5, 5.41) is 10.3. The minimum absolute atomic E-state index is 0.124. The third kappa shape index (κ3) is 2.87. The second-order valence-electron chi connectivity index (χ2n) is 6.23. The average molecular weight is 277 g/mol. The smallest absolute Gasteiger partial charge is 0.225 e. The number of nitrogens with zero attached hydrogens (tertiary/aromatic N) is 3. The first-order valence-corrected chi connectivity index (χ1v) is 7.64. The van der Waals surface area contributed by atoms with Crippen LogP contribution in [0.3, 0.4) is 0 Å². The van der Waals surface area contributed by atoms with Crippen LogP contribution in [-0.2, 0) is 4.79 Å². The van der Waals surface area contributed by atoms with Crippen LogP contribution in [-0.4, -0.2) is 44.2 Å². The van der Waals surface area contributed by atoms with Gasteiger partial charge in [0.15, 0.2) is 0 Å². The van der Waals surface area contributed by atoms with E-state index in [2.05, 4.69) is 9.55 Å². The highest BCUT2D eigenvalue weighted by Crippen LogP contribution is 2.33. The van der Waals surface area contributed by atoms with Crippen molar-refractivity contribution in [3.63, 3.8) is 0 Å². The summed E-state index contributed by atoms with van der Waals surface area (Å²) in [6, 6.07) is 0.455. The quantitative estimate of drug-likeness (QED) is 0.915. The van der Waals surface area contributed by atoms with Crippen LogP contribution in [0.4, 0.5) is 0 Å². The van der Waals surface area contributed by atoms with Crippen LogP contribution < -0.4 is 0 Å². The van der Waals surface area contributed by atoms with Crippen LogP contribution in [0.1, 0.15) is 51.0 Å². The van der Waals surface area contributed by atoms with Gasteiger partial charge in [0.1, 0.15) is 0 Å². The molecule has 3 rings (SSSR count). The number of likely N-dealkylation sites (tertiary alicyclic amines) is 1. The van der Waals surface area contributed by atoms with Gasteiger partial charge in [0.05, 0.1) is 18.3 Å². The largest absolute Gasteiger partial charge is 0.389 e. The van der Waals surface area contributed by atoms with Gasteiger partial charge in [-0.15, -0.1) is 0 Å². The lowest BCUT2D eigenvalue weighted by Gasteiger charge is -2.34. The number of hydrogen-bond acceptors (Lipinski definition) is 3. The number of aromatic nitrogens is 2. The maximum Gasteiger partial charge on any atom is 0.225 e. The highest BCUT2D eigenvalue weighted by atomic mass is 16.3. The Labute approximate surface area is 119 Å². The third-order valence-electron chi connectivity index (χ3n) is 4.78. The molecule has 5 heteroatoms. The van der Waals surface area contributed by atoms with Crippen LogP contribution in [0.2, 0.25) is 0 Å². The van der Waals surface area contributed by atoms with Gasteiger partial charge >= 0.3 is 0 Å². The molecule has 2 heterocycles. The molecule has 1 saturated carbocycles. The number of hydrogen-bond donors (Lipinski definition) is 1. The number of carbonyl (C=O) groups excluding carboxylic acids is 1. The van der Waals surface area contributed by atoms with Gasteiger partial charge in [-0.25, -0.2) is 4.98 Å². The molecular formula is C15H23N3O2. The molecule has 1 saturated heterocycles. The molecule has 2 aliphatic rings. The Balaban J connectivity index is 1.51. The van der Waals surface area contributed by atoms with Crippen molar-refractivity contribution in [3.05, 3.63) is 18.7 Å². The molecule has 0 aromatic carbocycles. The molecule has 5 nitrogen and oxygen atoms in total. The summed E-state index contributed by atoms with van der Waals surface area (Å²) in [6.45, 7) is 1.58. The van der Waals surface area contributed by atoms with Gasteiger partial charge < -0.3 is 14.6 Å². The Morgan fingerprint density at radius 1 is 1.30 bits per heavy atom. The zero-order valence-electron chi connectivity index (χ0n) is 11.9. The summed E-state index contributed by atoms with van der Waals surface area (Å²) in [4.78, 5) is 18.3. The van der Waals surface area contributed by atoms with E-state index < -0.39 is 5.60 Å². The molecule has 0 bridgehead atoms. The maximum atomic E-state index is 12.3. The molecule has 1 amide bonds. The van der Waals surface area contributed by atoms with Gasteiger partial charge in [-0.05, 0) is 25.7 Å². The minimum Gasteiger partial charge on any atom is -0.389 e. The number of amides is 1. The Kier molecular flexibility index (Phi) is 3.78. The molecule has 0 radical (unpaired) electrons. The highest BCUT2D eigenvalue weighted by molar-refractivity contribution is 5.77. The molecule has 0 atom stereocenters. The summed E-state index contributed by atoms with van der Waals surface area (Å²) < 4.78 is 2.13. The summed E-state index contributed by atoms with van der Waals surface area (Å²) in [7, 11) is 0. The second-order valence-corrected chi connectivity index (χ2v) is 6.23. The molecule has 1 N–H and O–H groups in total. The van der Waals surface area contributed by atoms with Crippen molar-refractivity contribution in [2.24, 2.45) is 0 Å². The molecule has 1 aromatic heterocycles. The lowest BCUT2D eigenvalue weighted by molar-refractivity contribution is -0.137. The molecule has 110 valence electrons. The van der Waals surface area contributed by atoms with Crippen LogP contribution in [0, 0.1) is 0 Å². The van der Waals surface area contributed by atoms with E-state index in [0.717, 1.165) is 51.6 Å². The summed E-state index contributed by atoms with van der Waals surface area (Å²) in [5.41, 5.74) is -0.724. The standard InChI is InChI=1S/C15H23N3O2/c19-14(11-15(20)5-1-2-6-15)17-8-3-13(4-9-17)18-10-7-16-12-18/h7,10,12-13,20H,1-6,8-9,11H2. The predicted octanol–water partition coefficient (Wildman–Crippen LogP) is 1.74. The summed E-state index contributed by atoms with van der Waals surface area (Å²) >= 11 is 0. The molecule has 1 aliphatic heterocycles. The molecule has 1 aromatic rings. The van der Waals surface area contributed by atoms with Gasteiger partial charge in [0.2, 0.25) is 5.91 Å². The lowest BCUT2D eigenvalue weighted by atomic mass is 9.96. The van der Waals surface area contributed by atoms with E-state index in [0.29, 0.717) is 12.5 Å². The first kappa shape index (κ1) is 13.6. The van der Waals surface area contributed by atoms with Gasteiger partial charge in [-0.1, -0.05) is 12.8 Å². The van der Waals surface area contributed by atoms with Crippen molar-refractivity contribution in [1.29, 1.82) is 0 Å². The molecular weight excluding hydrogens is 254 g/mol. The van der Waals surface area contributed by atoms with Crippen molar-refractivity contribution in [3.8, 4) is 0 Å². The van der Waals surface area contributed by atoms with Crippen LogP contribution in [0.5, 0.6) is 0 Å². The number of carbonyl (C=O) groups is 1. The average Bonchev–Trinajstić information content (AvgIpc) is 3.10. The second kappa shape index (κ2) is 5.56. The van der Waals surface area contributed by atoms with Gasteiger partial charge in [0.25, 0.3) is 0 Å². The van der Waals surface area contributed by atoms with Gasteiger partial charge in [-0.3, -0.25) is 4.79 Å². The molecule has 20 heavy (non-hydrogen) atoms. The van der Waals surface area contributed by atoms with E-state index in [-0.39, 0.29) is 5.91 Å². The summed E-state index contributed by atoms with van der Waals surface area (Å²) in [6.07, 6.45) is 11.6.